The lowest BCUT2D eigenvalue weighted by molar-refractivity contribution is 0.0951. The van der Waals surface area contributed by atoms with E-state index in [9.17, 15) is 15.0 Å². The molecule has 0 saturated carbocycles. The molecule has 1 aromatic rings. The van der Waals surface area contributed by atoms with E-state index in [2.05, 4.69) is 11.4 Å². The third-order valence-electron chi connectivity index (χ3n) is 3.09. The third kappa shape index (κ3) is 3.03. The zero-order valence-corrected chi connectivity index (χ0v) is 10.1. The molecule has 4 nitrogen and oxygen atoms in total. The minimum Gasteiger partial charge on any atom is -0.508 e. The number of carbonyl (C=O) groups excluding carboxylic acids is 1. The van der Waals surface area contributed by atoms with Crippen LogP contribution in [0.15, 0.2) is 29.8 Å². The molecule has 0 heterocycles. The third-order valence-corrected chi connectivity index (χ3v) is 3.09. The summed E-state index contributed by atoms with van der Waals surface area (Å²) < 4.78 is 0. The van der Waals surface area contributed by atoms with Crippen molar-refractivity contribution in [2.45, 2.75) is 25.7 Å². The number of rotatable bonds is 4. The average molecular weight is 247 g/mol. The maximum absolute atomic E-state index is 11.8. The molecule has 0 aliphatic heterocycles. The second-order valence-corrected chi connectivity index (χ2v) is 4.46. The van der Waals surface area contributed by atoms with Crippen LogP contribution < -0.4 is 5.32 Å². The fraction of sp³-hybridized carbons (Fsp3) is 0.357. The molecule has 4 heteroatoms. The summed E-state index contributed by atoms with van der Waals surface area (Å²) in [5.74, 6) is -0.510. The lowest BCUT2D eigenvalue weighted by Crippen LogP contribution is -2.24. The van der Waals surface area contributed by atoms with Crippen LogP contribution in [0, 0.1) is 0 Å². The van der Waals surface area contributed by atoms with Crippen LogP contribution in [0.4, 0.5) is 0 Å². The topological polar surface area (TPSA) is 69.6 Å². The van der Waals surface area contributed by atoms with E-state index in [-0.39, 0.29) is 23.0 Å². The lowest BCUT2D eigenvalue weighted by Gasteiger charge is -2.07. The molecule has 0 atom stereocenters. The maximum Gasteiger partial charge on any atom is 0.255 e. The molecule has 1 aromatic carbocycles. The molecule has 1 aliphatic carbocycles. The second kappa shape index (κ2) is 5.58. The molecular weight excluding hydrogens is 230 g/mol. The van der Waals surface area contributed by atoms with Gasteiger partial charge in [-0.1, -0.05) is 11.6 Å². The van der Waals surface area contributed by atoms with E-state index in [1.807, 2.05) is 0 Å². The highest BCUT2D eigenvalue weighted by Crippen LogP contribution is 2.22. The highest BCUT2D eigenvalue weighted by atomic mass is 16.3. The predicted octanol–water partition coefficient (Wildman–Crippen LogP) is 2.33. The zero-order chi connectivity index (χ0) is 13.0. The standard InChI is InChI=1S/C14H17NO3/c16-11-5-6-13(17)12(9-11)14(18)15-8-7-10-3-1-2-4-10/h3,5-6,9,16-17H,1-2,4,7-8H2,(H,15,18). The summed E-state index contributed by atoms with van der Waals surface area (Å²) in [7, 11) is 0. The number of aromatic hydroxyl groups is 2. The van der Waals surface area contributed by atoms with Crippen LogP contribution in [0.2, 0.25) is 0 Å². The molecule has 0 spiro atoms. The molecular formula is C14H17NO3. The summed E-state index contributed by atoms with van der Waals surface area (Å²) in [6, 6.07) is 3.92. The van der Waals surface area contributed by atoms with E-state index in [0.717, 1.165) is 19.3 Å². The Labute approximate surface area is 106 Å². The Bertz CT molecular complexity index is 480. The molecule has 0 unspecified atom stereocenters. The van der Waals surface area contributed by atoms with Crippen molar-refractivity contribution in [1.82, 2.24) is 5.32 Å². The number of benzene rings is 1. The fourth-order valence-electron chi connectivity index (χ4n) is 2.10. The summed E-state index contributed by atoms with van der Waals surface area (Å²) in [6.45, 7) is 0.555. The van der Waals surface area contributed by atoms with Gasteiger partial charge in [-0.05, 0) is 43.9 Å². The maximum atomic E-state index is 11.8. The summed E-state index contributed by atoms with van der Waals surface area (Å²) >= 11 is 0. The normalized spacial score (nSPS) is 14.3. The van der Waals surface area contributed by atoms with Gasteiger partial charge in [-0.15, -0.1) is 0 Å². The van der Waals surface area contributed by atoms with Crippen LogP contribution in [-0.4, -0.2) is 22.7 Å². The van der Waals surface area contributed by atoms with Gasteiger partial charge >= 0.3 is 0 Å². The van der Waals surface area contributed by atoms with Crippen molar-refractivity contribution in [2.24, 2.45) is 0 Å². The van der Waals surface area contributed by atoms with E-state index in [4.69, 9.17) is 0 Å². The van der Waals surface area contributed by atoms with E-state index < -0.39 is 0 Å². The van der Waals surface area contributed by atoms with Gasteiger partial charge in [0, 0.05) is 6.54 Å². The Kier molecular flexibility index (Phi) is 3.87. The highest BCUT2D eigenvalue weighted by molar-refractivity contribution is 5.97. The second-order valence-electron chi connectivity index (χ2n) is 4.46. The van der Waals surface area contributed by atoms with Gasteiger partial charge in [-0.3, -0.25) is 4.79 Å². The van der Waals surface area contributed by atoms with Gasteiger partial charge < -0.3 is 15.5 Å². The van der Waals surface area contributed by atoms with Crippen molar-refractivity contribution in [2.75, 3.05) is 6.54 Å². The first-order chi connectivity index (χ1) is 8.66. The van der Waals surface area contributed by atoms with Gasteiger partial charge in [0.2, 0.25) is 0 Å². The molecule has 18 heavy (non-hydrogen) atoms. The molecule has 1 aliphatic rings. The number of amides is 1. The van der Waals surface area contributed by atoms with Gasteiger partial charge in [0.25, 0.3) is 5.91 Å². The number of nitrogens with one attached hydrogen (secondary N) is 1. The first kappa shape index (κ1) is 12.5. The molecule has 0 bridgehead atoms. The monoisotopic (exact) mass is 247 g/mol. The molecule has 1 amide bonds. The number of hydrogen-bond acceptors (Lipinski definition) is 3. The zero-order valence-electron chi connectivity index (χ0n) is 10.1. The lowest BCUT2D eigenvalue weighted by atomic mass is 10.1. The highest BCUT2D eigenvalue weighted by Gasteiger charge is 2.12. The molecule has 0 radical (unpaired) electrons. The molecule has 0 fully saturated rings. The Morgan fingerprint density at radius 2 is 2.17 bits per heavy atom. The van der Waals surface area contributed by atoms with Gasteiger partial charge in [-0.2, -0.15) is 0 Å². The number of phenols is 2. The largest absolute Gasteiger partial charge is 0.508 e. The van der Waals surface area contributed by atoms with Crippen LogP contribution in [0.3, 0.4) is 0 Å². The van der Waals surface area contributed by atoms with E-state index in [0.29, 0.717) is 6.54 Å². The van der Waals surface area contributed by atoms with Crippen LogP contribution in [0.25, 0.3) is 0 Å². The van der Waals surface area contributed by atoms with Crippen molar-refractivity contribution in [1.29, 1.82) is 0 Å². The minimum atomic E-state index is -0.359. The van der Waals surface area contributed by atoms with Crippen LogP contribution in [0.1, 0.15) is 36.0 Å². The Hall–Kier alpha value is -1.97. The van der Waals surface area contributed by atoms with Crippen molar-refractivity contribution >= 4 is 5.91 Å². The van der Waals surface area contributed by atoms with Gasteiger partial charge in [0.05, 0.1) is 5.56 Å². The predicted molar refractivity (Wildman–Crippen MR) is 68.7 cm³/mol. The molecule has 0 aromatic heterocycles. The van der Waals surface area contributed by atoms with Crippen LogP contribution >= 0.6 is 0 Å². The van der Waals surface area contributed by atoms with Crippen molar-refractivity contribution < 1.29 is 15.0 Å². The van der Waals surface area contributed by atoms with Gasteiger partial charge in [-0.25, -0.2) is 0 Å². The smallest absolute Gasteiger partial charge is 0.255 e. The number of carbonyl (C=O) groups is 1. The summed E-state index contributed by atoms with van der Waals surface area (Å²) in [6.07, 6.45) is 6.53. The first-order valence-electron chi connectivity index (χ1n) is 6.15. The SMILES string of the molecule is O=C(NCCC1=CCCC1)c1cc(O)ccc1O. The first-order valence-corrected chi connectivity index (χ1v) is 6.15. The molecule has 3 N–H and O–H groups in total. The van der Waals surface area contributed by atoms with Crippen LogP contribution in [-0.2, 0) is 0 Å². The number of allylic oxidation sites excluding steroid dienone is 1. The Morgan fingerprint density at radius 3 is 2.89 bits per heavy atom. The van der Waals surface area contributed by atoms with Gasteiger partial charge in [0.1, 0.15) is 11.5 Å². The number of phenolic OH excluding ortho intramolecular Hbond substituents is 2. The molecule has 0 saturated heterocycles. The van der Waals surface area contributed by atoms with Crippen molar-refractivity contribution in [3.8, 4) is 11.5 Å². The summed E-state index contributed by atoms with van der Waals surface area (Å²) in [4.78, 5) is 11.8. The summed E-state index contributed by atoms with van der Waals surface area (Å²) in [5.41, 5.74) is 1.49. The van der Waals surface area contributed by atoms with Crippen LogP contribution in [0.5, 0.6) is 11.5 Å². The molecule has 96 valence electrons. The van der Waals surface area contributed by atoms with E-state index in [1.54, 1.807) is 0 Å². The van der Waals surface area contributed by atoms with E-state index in [1.165, 1.54) is 30.2 Å². The van der Waals surface area contributed by atoms with Crippen molar-refractivity contribution in [3.05, 3.63) is 35.4 Å². The van der Waals surface area contributed by atoms with Crippen molar-refractivity contribution in [3.63, 3.8) is 0 Å². The van der Waals surface area contributed by atoms with E-state index >= 15 is 0 Å². The fourth-order valence-corrected chi connectivity index (χ4v) is 2.10. The summed E-state index contributed by atoms with van der Waals surface area (Å²) in [5, 5.41) is 21.6. The minimum absolute atomic E-state index is 0.0311. The molecule has 2 rings (SSSR count). The average Bonchev–Trinajstić information content (AvgIpc) is 2.85. The quantitative estimate of drug-likeness (QED) is 0.565. The Balaban J connectivity index is 1.89. The van der Waals surface area contributed by atoms with Gasteiger partial charge in [0.15, 0.2) is 0 Å². The Morgan fingerprint density at radius 1 is 1.33 bits per heavy atom. The number of hydrogen-bond donors (Lipinski definition) is 3.